The van der Waals surface area contributed by atoms with Crippen LogP contribution in [0.15, 0.2) is 18.2 Å². The molecule has 88 valence electrons. The first-order valence-electron chi connectivity index (χ1n) is 5.50. The minimum Gasteiger partial charge on any atom is -0.397 e. The number of nitrogens with one attached hydrogen (secondary N) is 1. The van der Waals surface area contributed by atoms with E-state index in [1.165, 1.54) is 6.92 Å². The van der Waals surface area contributed by atoms with Crippen molar-refractivity contribution >= 4 is 23.0 Å². The summed E-state index contributed by atoms with van der Waals surface area (Å²) in [5.74, 6) is -0.108. The second kappa shape index (κ2) is 5.39. The normalized spacial score (nSPS) is 9.94. The van der Waals surface area contributed by atoms with Crippen LogP contribution in [-0.4, -0.2) is 19.0 Å². The van der Waals surface area contributed by atoms with Crippen LogP contribution in [0.1, 0.15) is 20.8 Å². The number of hydrogen-bond donors (Lipinski definition) is 2. The van der Waals surface area contributed by atoms with Gasteiger partial charge in [0.2, 0.25) is 5.91 Å². The average Bonchev–Trinajstić information content (AvgIpc) is 2.23. The lowest BCUT2D eigenvalue weighted by Gasteiger charge is -2.22. The molecular weight excluding hydrogens is 202 g/mol. The van der Waals surface area contributed by atoms with E-state index in [-0.39, 0.29) is 5.91 Å². The van der Waals surface area contributed by atoms with Crippen LogP contribution in [0.2, 0.25) is 0 Å². The number of rotatable bonds is 4. The average molecular weight is 221 g/mol. The number of amides is 1. The van der Waals surface area contributed by atoms with Gasteiger partial charge in [-0.15, -0.1) is 0 Å². The van der Waals surface area contributed by atoms with E-state index in [1.54, 1.807) is 0 Å². The van der Waals surface area contributed by atoms with E-state index in [0.29, 0.717) is 11.4 Å². The molecule has 0 heterocycles. The molecule has 0 spiro atoms. The molecule has 1 rings (SSSR count). The summed E-state index contributed by atoms with van der Waals surface area (Å²) < 4.78 is 0. The van der Waals surface area contributed by atoms with E-state index in [1.807, 2.05) is 18.2 Å². The predicted molar refractivity (Wildman–Crippen MR) is 68.7 cm³/mol. The monoisotopic (exact) mass is 221 g/mol. The minimum absolute atomic E-state index is 0.108. The predicted octanol–water partition coefficient (Wildman–Crippen LogP) is 2.07. The number of benzene rings is 1. The maximum absolute atomic E-state index is 11.0. The van der Waals surface area contributed by atoms with E-state index in [9.17, 15) is 4.79 Å². The summed E-state index contributed by atoms with van der Waals surface area (Å²) in [5, 5.41) is 2.73. The number of anilines is 3. The molecule has 16 heavy (non-hydrogen) atoms. The fourth-order valence-corrected chi connectivity index (χ4v) is 1.63. The number of hydrogen-bond acceptors (Lipinski definition) is 3. The lowest BCUT2D eigenvalue weighted by Crippen LogP contribution is -2.22. The van der Waals surface area contributed by atoms with Crippen LogP contribution in [0, 0.1) is 0 Å². The first-order chi connectivity index (χ1) is 7.58. The van der Waals surface area contributed by atoms with Crippen LogP contribution in [0.3, 0.4) is 0 Å². The summed E-state index contributed by atoms with van der Waals surface area (Å²) in [6, 6.07) is 5.69. The van der Waals surface area contributed by atoms with Gasteiger partial charge in [-0.25, -0.2) is 0 Å². The molecular formula is C12H19N3O. The summed E-state index contributed by atoms with van der Waals surface area (Å²) in [5.41, 5.74) is 8.13. The third kappa shape index (κ3) is 2.89. The van der Waals surface area contributed by atoms with Crippen LogP contribution in [-0.2, 0) is 4.79 Å². The van der Waals surface area contributed by atoms with Crippen LogP contribution in [0.5, 0.6) is 0 Å². The molecule has 4 nitrogen and oxygen atoms in total. The third-order valence-electron chi connectivity index (χ3n) is 2.48. The van der Waals surface area contributed by atoms with E-state index in [4.69, 9.17) is 5.73 Å². The van der Waals surface area contributed by atoms with Gasteiger partial charge in [0, 0.05) is 25.7 Å². The lowest BCUT2D eigenvalue weighted by atomic mass is 10.2. The van der Waals surface area contributed by atoms with Crippen LogP contribution in [0.4, 0.5) is 17.1 Å². The summed E-state index contributed by atoms with van der Waals surface area (Å²) in [6.07, 6.45) is 0. The van der Waals surface area contributed by atoms with Crippen LogP contribution >= 0.6 is 0 Å². The van der Waals surface area contributed by atoms with Gasteiger partial charge in [-0.3, -0.25) is 4.79 Å². The molecule has 0 aromatic heterocycles. The zero-order valence-electron chi connectivity index (χ0n) is 10.1. The number of nitrogens with zero attached hydrogens (tertiary/aromatic N) is 1. The Morgan fingerprint density at radius 2 is 2.00 bits per heavy atom. The molecule has 0 unspecified atom stereocenters. The lowest BCUT2D eigenvalue weighted by molar-refractivity contribution is -0.114. The Bertz CT molecular complexity index is 373. The summed E-state index contributed by atoms with van der Waals surface area (Å²) in [7, 11) is 0. The van der Waals surface area contributed by atoms with Crippen molar-refractivity contribution in [2.75, 3.05) is 29.0 Å². The maximum atomic E-state index is 11.0. The fraction of sp³-hybridized carbons (Fsp3) is 0.417. The molecule has 1 aromatic carbocycles. The van der Waals surface area contributed by atoms with E-state index < -0.39 is 0 Å². The highest BCUT2D eigenvalue weighted by molar-refractivity contribution is 5.93. The Kier molecular flexibility index (Phi) is 4.17. The topological polar surface area (TPSA) is 58.4 Å². The molecule has 0 fully saturated rings. The van der Waals surface area contributed by atoms with Gasteiger partial charge in [-0.05, 0) is 32.0 Å². The molecule has 0 aliphatic carbocycles. The summed E-state index contributed by atoms with van der Waals surface area (Å²) in [6.45, 7) is 7.53. The Morgan fingerprint density at radius 1 is 1.38 bits per heavy atom. The van der Waals surface area contributed by atoms with Crippen molar-refractivity contribution in [2.24, 2.45) is 0 Å². The highest BCUT2D eigenvalue weighted by Gasteiger charge is 2.06. The van der Waals surface area contributed by atoms with Gasteiger partial charge < -0.3 is 16.0 Å². The molecule has 1 aromatic rings. The quantitative estimate of drug-likeness (QED) is 0.765. The second-order valence-corrected chi connectivity index (χ2v) is 3.63. The zero-order chi connectivity index (χ0) is 12.1. The maximum Gasteiger partial charge on any atom is 0.221 e. The Balaban J connectivity index is 3.01. The molecule has 0 radical (unpaired) electrons. The molecule has 0 saturated carbocycles. The molecule has 0 aliphatic heterocycles. The third-order valence-corrected chi connectivity index (χ3v) is 2.48. The van der Waals surface area contributed by atoms with Crippen LogP contribution < -0.4 is 16.0 Å². The Hall–Kier alpha value is -1.71. The smallest absolute Gasteiger partial charge is 0.221 e. The van der Waals surface area contributed by atoms with Crippen molar-refractivity contribution in [1.82, 2.24) is 0 Å². The molecule has 0 atom stereocenters. The van der Waals surface area contributed by atoms with E-state index in [2.05, 4.69) is 24.1 Å². The van der Waals surface area contributed by atoms with Gasteiger partial charge >= 0.3 is 0 Å². The van der Waals surface area contributed by atoms with Crippen molar-refractivity contribution in [3.63, 3.8) is 0 Å². The van der Waals surface area contributed by atoms with E-state index in [0.717, 1.165) is 18.8 Å². The number of carbonyl (C=O) groups excluding carboxylic acids is 1. The number of nitrogens with two attached hydrogens (primary N) is 1. The molecule has 1 amide bonds. The van der Waals surface area contributed by atoms with Gasteiger partial charge in [0.15, 0.2) is 0 Å². The summed E-state index contributed by atoms with van der Waals surface area (Å²) in [4.78, 5) is 13.2. The molecule has 4 heteroatoms. The number of nitrogen functional groups attached to an aromatic ring is 1. The molecule has 3 N–H and O–H groups in total. The van der Waals surface area contributed by atoms with Crippen molar-refractivity contribution in [3.8, 4) is 0 Å². The number of carbonyl (C=O) groups is 1. The second-order valence-electron chi connectivity index (χ2n) is 3.63. The standard InChI is InChI=1S/C12H19N3O/c1-4-15(5-2)10-6-7-11(13)12(8-10)14-9(3)16/h6-8H,4-5,13H2,1-3H3,(H,14,16). The van der Waals surface area contributed by atoms with Crippen molar-refractivity contribution in [1.29, 1.82) is 0 Å². The van der Waals surface area contributed by atoms with Gasteiger partial charge in [-0.1, -0.05) is 0 Å². The molecule has 0 bridgehead atoms. The fourth-order valence-electron chi connectivity index (χ4n) is 1.63. The van der Waals surface area contributed by atoms with E-state index >= 15 is 0 Å². The van der Waals surface area contributed by atoms with Crippen LogP contribution in [0.25, 0.3) is 0 Å². The molecule has 0 aliphatic rings. The highest BCUT2D eigenvalue weighted by Crippen LogP contribution is 2.25. The summed E-state index contributed by atoms with van der Waals surface area (Å²) >= 11 is 0. The Labute approximate surface area is 96.4 Å². The van der Waals surface area contributed by atoms with Gasteiger partial charge in [-0.2, -0.15) is 0 Å². The van der Waals surface area contributed by atoms with Gasteiger partial charge in [0.25, 0.3) is 0 Å². The van der Waals surface area contributed by atoms with Crippen molar-refractivity contribution in [3.05, 3.63) is 18.2 Å². The molecule has 0 saturated heterocycles. The van der Waals surface area contributed by atoms with Gasteiger partial charge in [0.1, 0.15) is 0 Å². The highest BCUT2D eigenvalue weighted by atomic mass is 16.1. The van der Waals surface area contributed by atoms with Crippen molar-refractivity contribution in [2.45, 2.75) is 20.8 Å². The van der Waals surface area contributed by atoms with Crippen molar-refractivity contribution < 1.29 is 4.79 Å². The van der Waals surface area contributed by atoms with Gasteiger partial charge in [0.05, 0.1) is 11.4 Å². The largest absolute Gasteiger partial charge is 0.397 e. The first-order valence-corrected chi connectivity index (χ1v) is 5.50. The minimum atomic E-state index is -0.108. The zero-order valence-corrected chi connectivity index (χ0v) is 10.1. The SMILES string of the molecule is CCN(CC)c1ccc(N)c(NC(C)=O)c1. The Morgan fingerprint density at radius 3 is 2.50 bits per heavy atom. The first kappa shape index (κ1) is 12.4.